The number of likely N-dealkylation sites (N-methyl/N-ethyl adjacent to an activating group) is 4. The highest BCUT2D eigenvalue weighted by molar-refractivity contribution is 5.99. The average Bonchev–Trinajstić information content (AvgIpc) is 1.84. The second-order valence-electron chi connectivity index (χ2n) is 27.8. The first kappa shape index (κ1) is 74.3. The molecular formula is C75H104N6O12. The van der Waals surface area contributed by atoms with E-state index >= 15 is 28.8 Å². The van der Waals surface area contributed by atoms with Crippen molar-refractivity contribution in [2.75, 3.05) is 34.7 Å². The molecule has 4 aromatic rings. The standard InChI is InChI=1S/C75H104N6O12/c1-17-49(9)58-44-62(82)60-33-26-38-81(60)72(88)61(42-53-31-25-32-55(40-53)54-34-36-57(37-35-54)92-45-52-29-23-20-24-30-52)77(13)71(87)59(41-51-27-21-19-22-28-51)76-68(84)65(48(7)8)79(15)73(89)66(50(10)18-2)93-74(90)67(75(11,12)91)80(16)69(85)56(39-46(3)4)43-63(83)64(47(5)6)78(14)70(58)86/h19-25,27-32,34-37,40,46-50,56,58-61,64-67,91H,17-18,26,33,38-39,41-45H2,1-16H3,(H,76,84)/t49?,50?,56?,58-,59-,60-,61-,64-,65-,66+,67+/m0/s1. The van der Waals surface area contributed by atoms with E-state index in [4.69, 9.17) is 9.47 Å². The predicted octanol–water partition coefficient (Wildman–Crippen LogP) is 9.80. The van der Waals surface area contributed by atoms with Gasteiger partial charge in [0.2, 0.25) is 29.5 Å². The second kappa shape index (κ2) is 33.4. The monoisotopic (exact) mass is 1280 g/mol. The van der Waals surface area contributed by atoms with Gasteiger partial charge in [0.1, 0.15) is 30.5 Å². The summed E-state index contributed by atoms with van der Waals surface area (Å²) in [5.74, 6) is -8.89. The third-order valence-electron chi connectivity index (χ3n) is 19.0. The van der Waals surface area contributed by atoms with Crippen molar-refractivity contribution in [1.29, 1.82) is 0 Å². The summed E-state index contributed by atoms with van der Waals surface area (Å²) in [7, 11) is 5.85. The first-order valence-corrected chi connectivity index (χ1v) is 33.5. The Balaban J connectivity index is 1.50. The summed E-state index contributed by atoms with van der Waals surface area (Å²) in [6, 6.07) is 26.8. The summed E-state index contributed by atoms with van der Waals surface area (Å²) >= 11 is 0. The van der Waals surface area contributed by atoms with E-state index in [9.17, 15) is 19.5 Å². The van der Waals surface area contributed by atoms with Gasteiger partial charge in [-0.05, 0) is 103 Å². The summed E-state index contributed by atoms with van der Waals surface area (Å²) in [6.45, 7) is 21.5. The number of nitrogens with zero attached hydrogens (tertiary/aromatic N) is 5. The lowest BCUT2D eigenvalue weighted by atomic mass is 9.82. The SMILES string of the molecule is CCC(C)[C@@H]1CC(=O)[C@@H]2CCCN2C(=O)[C@H](Cc2cccc(-c3ccc(OCc4ccccc4)cc3)c2)N(C)C(=O)[C@H](Cc2ccccc2)NC(=O)[C@H](C(C)C)N(C)C(=O)[C@@H](C(C)CC)OC(=O)[C@H](C(C)(C)O)N(C)C(=O)C(CC(C)C)CC(=O)[C@H](C(C)C)N(C)C1=O. The number of hydrogen-bond acceptors (Lipinski definition) is 12. The molecule has 11 atom stereocenters. The molecule has 2 saturated heterocycles. The zero-order valence-electron chi connectivity index (χ0n) is 57.9. The Morgan fingerprint density at radius 2 is 1.17 bits per heavy atom. The van der Waals surface area contributed by atoms with Crippen molar-refractivity contribution in [2.45, 2.75) is 195 Å². The Morgan fingerprint density at radius 3 is 1.74 bits per heavy atom. The minimum Gasteiger partial charge on any atom is -0.489 e. The molecule has 2 aliphatic heterocycles. The van der Waals surface area contributed by atoms with Crippen LogP contribution in [0, 0.1) is 41.4 Å². The number of amides is 6. The molecule has 506 valence electrons. The number of fused-ring (bicyclic) bond motifs is 1. The molecule has 6 rings (SSSR count). The molecule has 18 nitrogen and oxygen atoms in total. The number of rotatable bonds is 17. The van der Waals surface area contributed by atoms with Gasteiger partial charge < -0.3 is 44.4 Å². The zero-order valence-corrected chi connectivity index (χ0v) is 57.9. The summed E-state index contributed by atoms with van der Waals surface area (Å²) in [4.78, 5) is 144. The molecule has 2 fully saturated rings. The van der Waals surface area contributed by atoms with E-state index in [1.807, 2.05) is 158 Å². The van der Waals surface area contributed by atoms with Crippen molar-refractivity contribution in [1.82, 2.24) is 29.8 Å². The maximum atomic E-state index is 15.9. The molecular weight excluding hydrogens is 1180 g/mol. The van der Waals surface area contributed by atoms with Crippen molar-refractivity contribution in [3.05, 3.63) is 126 Å². The van der Waals surface area contributed by atoms with Crippen LogP contribution < -0.4 is 10.1 Å². The lowest BCUT2D eigenvalue weighted by Crippen LogP contribution is -2.61. The molecule has 2 aliphatic rings. The highest BCUT2D eigenvalue weighted by Crippen LogP contribution is 2.33. The largest absolute Gasteiger partial charge is 0.489 e. The van der Waals surface area contributed by atoms with E-state index in [1.54, 1.807) is 27.8 Å². The maximum absolute atomic E-state index is 15.9. The number of ether oxygens (including phenoxy) is 2. The van der Waals surface area contributed by atoms with Crippen molar-refractivity contribution in [3.8, 4) is 16.9 Å². The van der Waals surface area contributed by atoms with Crippen LogP contribution in [-0.4, -0.2) is 165 Å². The number of carbonyl (C=O) groups is 9. The number of aliphatic hydroxyl groups is 1. The molecule has 93 heavy (non-hydrogen) atoms. The minimum atomic E-state index is -1.96. The second-order valence-corrected chi connectivity index (χ2v) is 27.8. The van der Waals surface area contributed by atoms with Gasteiger partial charge in [0.25, 0.3) is 5.91 Å². The molecule has 0 aliphatic carbocycles. The van der Waals surface area contributed by atoms with Gasteiger partial charge in [-0.25, -0.2) is 4.79 Å². The maximum Gasteiger partial charge on any atom is 0.332 e. The number of Topliss-reactive ketones (excluding diaryl/α,β-unsaturated/α-hetero) is 2. The van der Waals surface area contributed by atoms with E-state index in [-0.39, 0.29) is 56.3 Å². The van der Waals surface area contributed by atoms with Crippen molar-refractivity contribution in [3.63, 3.8) is 0 Å². The van der Waals surface area contributed by atoms with E-state index < -0.39 is 125 Å². The number of ketones is 2. The first-order valence-electron chi connectivity index (χ1n) is 33.5. The minimum absolute atomic E-state index is 0.00466. The normalized spacial score (nSPS) is 24.4. The lowest BCUT2D eigenvalue weighted by Gasteiger charge is -2.39. The van der Waals surface area contributed by atoms with E-state index in [0.29, 0.717) is 49.2 Å². The molecule has 2 N–H and O–H groups in total. The summed E-state index contributed by atoms with van der Waals surface area (Å²) in [6.07, 6.45) is -0.317. The number of cyclic esters (lactones) is 1. The average molecular weight is 1280 g/mol. The molecule has 0 bridgehead atoms. The van der Waals surface area contributed by atoms with Crippen LogP contribution in [0.25, 0.3) is 11.1 Å². The number of benzene rings is 4. The molecule has 0 saturated carbocycles. The fourth-order valence-electron chi connectivity index (χ4n) is 13.5. The van der Waals surface area contributed by atoms with Gasteiger partial charge in [0.05, 0.1) is 17.7 Å². The van der Waals surface area contributed by atoms with Gasteiger partial charge in [0, 0.05) is 78.2 Å². The van der Waals surface area contributed by atoms with Crippen LogP contribution in [0.1, 0.15) is 145 Å². The van der Waals surface area contributed by atoms with Crippen LogP contribution >= 0.6 is 0 Å². The molecule has 0 radical (unpaired) electrons. The molecule has 18 heteroatoms. The van der Waals surface area contributed by atoms with Crippen molar-refractivity contribution in [2.24, 2.45) is 41.4 Å². The molecule has 0 aromatic heterocycles. The Labute approximate surface area is 552 Å². The van der Waals surface area contributed by atoms with E-state index in [2.05, 4.69) is 5.32 Å². The van der Waals surface area contributed by atoms with Crippen molar-refractivity contribution >= 4 is 53.0 Å². The van der Waals surface area contributed by atoms with Crippen molar-refractivity contribution < 1.29 is 57.7 Å². The van der Waals surface area contributed by atoms with Crippen LogP contribution in [0.4, 0.5) is 0 Å². The third-order valence-corrected chi connectivity index (χ3v) is 19.0. The Kier molecular flexibility index (Phi) is 26.7. The van der Waals surface area contributed by atoms with E-state index in [0.717, 1.165) is 21.6 Å². The van der Waals surface area contributed by atoms with Crippen LogP contribution in [0.2, 0.25) is 0 Å². The highest BCUT2D eigenvalue weighted by Gasteiger charge is 2.48. The van der Waals surface area contributed by atoms with Gasteiger partial charge in [-0.15, -0.1) is 0 Å². The Hall–Kier alpha value is -7.73. The Bertz CT molecular complexity index is 3200. The number of nitrogens with one attached hydrogen (secondary N) is 1. The van der Waals surface area contributed by atoms with Gasteiger partial charge in [-0.2, -0.15) is 0 Å². The third kappa shape index (κ3) is 19.0. The summed E-state index contributed by atoms with van der Waals surface area (Å²) in [5, 5.41) is 14.8. The zero-order chi connectivity index (χ0) is 68.8. The van der Waals surface area contributed by atoms with Gasteiger partial charge in [-0.1, -0.05) is 173 Å². The molecule has 0 spiro atoms. The quantitative estimate of drug-likeness (QED) is 0.0944. The van der Waals surface area contributed by atoms with Crippen LogP contribution in [-0.2, 0) is 67.3 Å². The topological polar surface area (TPSA) is 221 Å². The number of carbonyl (C=O) groups excluding carboxylic acids is 9. The van der Waals surface area contributed by atoms with E-state index in [1.165, 1.54) is 54.6 Å². The van der Waals surface area contributed by atoms with Gasteiger partial charge in [-0.3, -0.25) is 38.4 Å². The highest BCUT2D eigenvalue weighted by atomic mass is 16.6. The summed E-state index contributed by atoms with van der Waals surface area (Å²) in [5.41, 5.74) is 2.17. The van der Waals surface area contributed by atoms with Crippen LogP contribution in [0.5, 0.6) is 5.75 Å². The fourth-order valence-corrected chi connectivity index (χ4v) is 13.5. The van der Waals surface area contributed by atoms with Gasteiger partial charge in [0.15, 0.2) is 23.7 Å². The molecule has 3 unspecified atom stereocenters. The first-order chi connectivity index (χ1) is 43.9. The fraction of sp³-hybridized carbons (Fsp3) is 0.560. The Morgan fingerprint density at radius 1 is 0.591 bits per heavy atom. The van der Waals surface area contributed by atoms with Crippen LogP contribution in [0.3, 0.4) is 0 Å². The lowest BCUT2D eigenvalue weighted by molar-refractivity contribution is -0.178. The molecule has 4 aromatic carbocycles. The smallest absolute Gasteiger partial charge is 0.332 e. The number of esters is 1. The van der Waals surface area contributed by atoms with Gasteiger partial charge >= 0.3 is 5.97 Å². The molecule has 6 amide bonds. The predicted molar refractivity (Wildman–Crippen MR) is 360 cm³/mol. The van der Waals surface area contributed by atoms with Crippen LogP contribution in [0.15, 0.2) is 109 Å². The molecule has 2 heterocycles. The number of hydrogen-bond donors (Lipinski definition) is 2. The summed E-state index contributed by atoms with van der Waals surface area (Å²) < 4.78 is 12.3.